The maximum Gasteiger partial charge on any atom is 0.271 e. The number of hydrazine groups is 1. The predicted molar refractivity (Wildman–Crippen MR) is 65.6 cm³/mol. The molecule has 0 fully saturated rings. The summed E-state index contributed by atoms with van der Waals surface area (Å²) in [4.78, 5) is 27.2. The highest BCUT2D eigenvalue weighted by molar-refractivity contribution is 7.17. The highest BCUT2D eigenvalue weighted by Crippen LogP contribution is 2.19. The predicted octanol–water partition coefficient (Wildman–Crippen LogP) is 0.146. The van der Waals surface area contributed by atoms with E-state index in [4.69, 9.17) is 5.84 Å². The number of nitrogens with zero attached hydrogens (tertiary/aromatic N) is 2. The topological polar surface area (TPSA) is 90.0 Å². The molecule has 0 aromatic carbocycles. The van der Waals surface area contributed by atoms with Gasteiger partial charge in [-0.05, 0) is 17.9 Å². The molecule has 0 aliphatic carbocycles. The van der Waals surface area contributed by atoms with Crippen molar-refractivity contribution in [3.8, 4) is 0 Å². The summed E-state index contributed by atoms with van der Waals surface area (Å²) in [5.41, 5.74) is 3.64. The molecule has 0 saturated heterocycles. The monoisotopic (exact) mass is 252 g/mol. The normalized spacial score (nSPS) is 10.7. The lowest BCUT2D eigenvalue weighted by atomic mass is 10.3. The quantitative estimate of drug-likeness (QED) is 0.462. The number of carbonyl (C=O) groups excluding carboxylic acids is 1. The third-order valence-electron chi connectivity index (χ3n) is 2.46. The maximum absolute atomic E-state index is 12.0. The Morgan fingerprint density at radius 3 is 3.12 bits per heavy atom. The van der Waals surface area contributed by atoms with Gasteiger partial charge in [0, 0.05) is 13.0 Å². The summed E-state index contributed by atoms with van der Waals surface area (Å²) < 4.78 is 2.05. The van der Waals surface area contributed by atoms with Gasteiger partial charge in [-0.15, -0.1) is 11.3 Å². The Bertz CT molecular complexity index is 616. The minimum atomic E-state index is -0.306. The van der Waals surface area contributed by atoms with Gasteiger partial charge in [0.05, 0.1) is 11.8 Å². The van der Waals surface area contributed by atoms with Crippen molar-refractivity contribution in [2.75, 3.05) is 0 Å². The maximum atomic E-state index is 12.0. The van der Waals surface area contributed by atoms with Crippen LogP contribution in [0, 0.1) is 6.92 Å². The van der Waals surface area contributed by atoms with Crippen LogP contribution in [0.15, 0.2) is 16.5 Å². The average Bonchev–Trinajstić information content (AvgIpc) is 2.71. The largest absolute Gasteiger partial charge is 0.298 e. The smallest absolute Gasteiger partial charge is 0.271 e. The van der Waals surface area contributed by atoms with Gasteiger partial charge < -0.3 is 0 Å². The molecule has 0 atom stereocenters. The Kier molecular flexibility index (Phi) is 3.21. The minimum Gasteiger partial charge on any atom is -0.298 e. The molecule has 0 radical (unpaired) electrons. The number of fused-ring (bicyclic) bond motifs is 1. The van der Waals surface area contributed by atoms with E-state index in [-0.39, 0.29) is 24.4 Å². The van der Waals surface area contributed by atoms with Crippen LogP contribution in [0.1, 0.15) is 12.0 Å². The molecule has 0 aliphatic heterocycles. The molecule has 3 N–H and O–H groups in total. The van der Waals surface area contributed by atoms with Gasteiger partial charge in [-0.25, -0.2) is 10.8 Å². The zero-order chi connectivity index (χ0) is 12.4. The van der Waals surface area contributed by atoms with Crippen molar-refractivity contribution >= 4 is 27.5 Å². The van der Waals surface area contributed by atoms with Crippen molar-refractivity contribution in [2.24, 2.45) is 5.84 Å². The van der Waals surface area contributed by atoms with Crippen molar-refractivity contribution < 1.29 is 4.79 Å². The molecule has 2 aromatic rings. The molecular weight excluding hydrogens is 240 g/mol. The molecule has 0 aliphatic rings. The summed E-state index contributed by atoms with van der Waals surface area (Å²) in [6.07, 6.45) is 1.63. The number of hydrogen-bond acceptors (Lipinski definition) is 5. The van der Waals surface area contributed by atoms with Crippen molar-refractivity contribution in [3.05, 3.63) is 27.6 Å². The van der Waals surface area contributed by atoms with Crippen LogP contribution in [-0.2, 0) is 11.3 Å². The van der Waals surface area contributed by atoms with Crippen LogP contribution in [0.3, 0.4) is 0 Å². The van der Waals surface area contributed by atoms with E-state index in [1.165, 1.54) is 22.2 Å². The summed E-state index contributed by atoms with van der Waals surface area (Å²) in [7, 11) is 0. The van der Waals surface area contributed by atoms with Crippen molar-refractivity contribution in [2.45, 2.75) is 19.9 Å². The number of aryl methyl sites for hydroxylation is 2. The van der Waals surface area contributed by atoms with Crippen LogP contribution in [-0.4, -0.2) is 15.5 Å². The van der Waals surface area contributed by atoms with Crippen LogP contribution in [0.25, 0.3) is 10.2 Å². The van der Waals surface area contributed by atoms with E-state index in [2.05, 4.69) is 4.98 Å². The Labute approximate surface area is 101 Å². The van der Waals surface area contributed by atoms with Gasteiger partial charge >= 0.3 is 0 Å². The van der Waals surface area contributed by atoms with Gasteiger partial charge in [0.15, 0.2) is 0 Å². The average molecular weight is 252 g/mol. The Hall–Kier alpha value is -1.73. The standard InChI is InChI=1S/C10H12N4O2S/c1-6-4-17-9-8(6)12-5-14(10(9)16)3-2-7(15)13-11/h4-5H,2-3,11H2,1H3,(H,13,15). The molecule has 2 rings (SSSR count). The molecule has 0 bridgehead atoms. The van der Waals surface area contributed by atoms with Crippen molar-refractivity contribution in [3.63, 3.8) is 0 Å². The zero-order valence-corrected chi connectivity index (χ0v) is 10.1. The molecule has 2 aromatic heterocycles. The number of nitrogens with one attached hydrogen (secondary N) is 1. The number of rotatable bonds is 3. The number of aromatic nitrogens is 2. The summed E-state index contributed by atoms with van der Waals surface area (Å²) in [5.74, 6) is 4.66. The molecule has 0 saturated carbocycles. The zero-order valence-electron chi connectivity index (χ0n) is 9.27. The van der Waals surface area contributed by atoms with Gasteiger partial charge in [0.1, 0.15) is 4.70 Å². The van der Waals surface area contributed by atoms with Crippen LogP contribution >= 0.6 is 11.3 Å². The molecule has 90 valence electrons. The van der Waals surface area contributed by atoms with Gasteiger partial charge in [-0.3, -0.25) is 19.6 Å². The molecule has 2 heterocycles. The summed E-state index contributed by atoms with van der Waals surface area (Å²) in [6, 6.07) is 0. The van der Waals surface area contributed by atoms with E-state index in [0.717, 1.165) is 11.1 Å². The summed E-state index contributed by atoms with van der Waals surface area (Å²) in [6.45, 7) is 2.19. The number of thiophene rings is 1. The lowest BCUT2D eigenvalue weighted by Gasteiger charge is -2.04. The minimum absolute atomic E-state index is 0.113. The van der Waals surface area contributed by atoms with Gasteiger partial charge in [0.25, 0.3) is 5.56 Å². The van der Waals surface area contributed by atoms with Gasteiger partial charge in [-0.1, -0.05) is 0 Å². The lowest BCUT2D eigenvalue weighted by molar-refractivity contribution is -0.121. The second-order valence-corrected chi connectivity index (χ2v) is 4.54. The van der Waals surface area contributed by atoms with E-state index in [0.29, 0.717) is 4.70 Å². The fourth-order valence-electron chi connectivity index (χ4n) is 1.51. The third kappa shape index (κ3) is 2.20. The van der Waals surface area contributed by atoms with E-state index >= 15 is 0 Å². The molecule has 0 unspecified atom stereocenters. The number of amides is 1. The third-order valence-corrected chi connectivity index (χ3v) is 3.54. The fraction of sp³-hybridized carbons (Fsp3) is 0.300. The van der Waals surface area contributed by atoms with Crippen molar-refractivity contribution in [1.29, 1.82) is 0 Å². The van der Waals surface area contributed by atoms with E-state index < -0.39 is 0 Å². The summed E-state index contributed by atoms with van der Waals surface area (Å²) in [5, 5.41) is 1.90. The number of carbonyl (C=O) groups is 1. The Morgan fingerprint density at radius 2 is 2.41 bits per heavy atom. The Balaban J connectivity index is 2.33. The second kappa shape index (κ2) is 4.64. The van der Waals surface area contributed by atoms with Crippen molar-refractivity contribution in [1.82, 2.24) is 15.0 Å². The van der Waals surface area contributed by atoms with E-state index in [9.17, 15) is 9.59 Å². The SMILES string of the molecule is Cc1csc2c(=O)n(CCC(=O)NN)cnc12. The Morgan fingerprint density at radius 1 is 1.65 bits per heavy atom. The lowest BCUT2D eigenvalue weighted by Crippen LogP contribution is -2.32. The first kappa shape index (κ1) is 11.7. The molecular formula is C10H12N4O2S. The van der Waals surface area contributed by atoms with Crippen LogP contribution in [0.5, 0.6) is 0 Å². The molecule has 7 heteroatoms. The first-order valence-electron chi connectivity index (χ1n) is 5.06. The fourth-order valence-corrected chi connectivity index (χ4v) is 2.46. The first-order chi connectivity index (χ1) is 8.13. The van der Waals surface area contributed by atoms with Gasteiger partial charge in [0.2, 0.25) is 5.91 Å². The molecule has 1 amide bonds. The second-order valence-electron chi connectivity index (χ2n) is 3.66. The van der Waals surface area contributed by atoms with Crippen LogP contribution < -0.4 is 16.8 Å². The number of hydrogen-bond donors (Lipinski definition) is 2. The van der Waals surface area contributed by atoms with Gasteiger partial charge in [-0.2, -0.15) is 0 Å². The van der Waals surface area contributed by atoms with Crippen LogP contribution in [0.2, 0.25) is 0 Å². The number of nitrogens with two attached hydrogens (primary N) is 1. The summed E-state index contributed by atoms with van der Waals surface area (Å²) >= 11 is 1.37. The highest BCUT2D eigenvalue weighted by Gasteiger charge is 2.09. The highest BCUT2D eigenvalue weighted by atomic mass is 32.1. The molecule has 6 nitrogen and oxygen atoms in total. The molecule has 17 heavy (non-hydrogen) atoms. The van der Waals surface area contributed by atoms with E-state index in [1.807, 2.05) is 17.7 Å². The first-order valence-corrected chi connectivity index (χ1v) is 5.94. The van der Waals surface area contributed by atoms with Crippen LogP contribution in [0.4, 0.5) is 0 Å². The van der Waals surface area contributed by atoms with E-state index in [1.54, 1.807) is 0 Å². The molecule has 0 spiro atoms.